The summed E-state index contributed by atoms with van der Waals surface area (Å²) in [5.74, 6) is -3.51. The van der Waals surface area contributed by atoms with Crippen molar-refractivity contribution in [2.24, 2.45) is 0 Å². The Balaban J connectivity index is 1.24. The summed E-state index contributed by atoms with van der Waals surface area (Å²) in [5, 5.41) is 125. The van der Waals surface area contributed by atoms with Gasteiger partial charge in [0.1, 0.15) is 88.9 Å². The molecule has 3 fully saturated rings. The van der Waals surface area contributed by atoms with Crippen LogP contribution in [0.1, 0.15) is 12.5 Å². The average Bonchev–Trinajstić information content (AvgIpc) is 3.27. The van der Waals surface area contributed by atoms with Crippen LogP contribution in [0.3, 0.4) is 0 Å². The number of phenols is 3. The summed E-state index contributed by atoms with van der Waals surface area (Å²) < 4.78 is 46.1. The van der Waals surface area contributed by atoms with Gasteiger partial charge in [-0.2, -0.15) is 0 Å². The number of hydrogen-bond donors (Lipinski definition) is 12. The minimum atomic E-state index is -1.98. The molecule has 6 unspecified atom stereocenters. The second kappa shape index (κ2) is 19.3. The zero-order chi connectivity index (χ0) is 46.1. The van der Waals surface area contributed by atoms with Crippen LogP contribution in [0.2, 0.25) is 0 Å². The third kappa shape index (κ3) is 9.50. The van der Waals surface area contributed by atoms with Gasteiger partial charge >= 0.3 is 5.97 Å². The summed E-state index contributed by atoms with van der Waals surface area (Å²) in [4.78, 5) is 27.4. The molecular formula is C42H46O22. The Morgan fingerprint density at radius 2 is 1.25 bits per heavy atom. The van der Waals surface area contributed by atoms with Gasteiger partial charge in [-0.05, 0) is 55.0 Å². The van der Waals surface area contributed by atoms with Gasteiger partial charge in [-0.3, -0.25) is 4.79 Å². The second-order valence-electron chi connectivity index (χ2n) is 15.2. The van der Waals surface area contributed by atoms with Gasteiger partial charge in [0, 0.05) is 23.8 Å². The number of esters is 1. The highest BCUT2D eigenvalue weighted by Crippen LogP contribution is 2.39. The van der Waals surface area contributed by atoms with Gasteiger partial charge in [0.25, 0.3) is 0 Å². The van der Waals surface area contributed by atoms with E-state index < -0.39 is 145 Å². The zero-order valence-electron chi connectivity index (χ0n) is 33.5. The van der Waals surface area contributed by atoms with Crippen LogP contribution in [-0.4, -0.2) is 173 Å². The number of aromatic hydroxyl groups is 3. The molecular weight excluding hydrogens is 856 g/mol. The Bertz CT molecular complexity index is 2340. The molecule has 0 spiro atoms. The first-order valence-electron chi connectivity index (χ1n) is 19.7. The Morgan fingerprint density at radius 1 is 0.672 bits per heavy atom. The van der Waals surface area contributed by atoms with Gasteiger partial charge in [-0.1, -0.05) is 12.1 Å². The number of carbonyl (C=O) groups excluding carboxylic acids is 1. The topological polar surface area (TPSA) is 355 Å². The van der Waals surface area contributed by atoms with Crippen molar-refractivity contribution >= 4 is 23.0 Å². The zero-order valence-corrected chi connectivity index (χ0v) is 33.5. The number of phenolic OH excluding ortho intramolecular Hbond substituents is 3. The maximum atomic E-state index is 14.5. The van der Waals surface area contributed by atoms with Crippen LogP contribution < -0.4 is 14.9 Å². The van der Waals surface area contributed by atoms with E-state index in [-0.39, 0.29) is 22.8 Å². The van der Waals surface area contributed by atoms with Crippen molar-refractivity contribution in [1.82, 2.24) is 0 Å². The molecule has 22 heteroatoms. The number of aliphatic hydroxyl groups excluding tert-OH is 9. The number of carbonyl (C=O) groups is 1. The Kier molecular flexibility index (Phi) is 14.1. The first kappa shape index (κ1) is 46.5. The molecule has 12 N–H and O–H groups in total. The van der Waals surface area contributed by atoms with Crippen LogP contribution in [0, 0.1) is 0 Å². The monoisotopic (exact) mass is 902 g/mol. The highest BCUT2D eigenvalue weighted by atomic mass is 16.8. The number of ether oxygens (including phenoxy) is 7. The predicted octanol–water partition coefficient (Wildman–Crippen LogP) is -1.95. The van der Waals surface area contributed by atoms with Gasteiger partial charge in [0.15, 0.2) is 24.3 Å². The standard InChI is InChI=1S/C42H46O22/c1-16-28(49)32(53)35(56)40(57-16)64-39-34(55)30(51)25(15-44)61-42(39)63-37-31(52)27-22(47)12-21(13-23(27)59-36(37)18-5-9-20(46)10-6-18)58-41-38(33(54)29(50)24(14-43)60-41)62-26(48)11-4-17-2-7-19(45)8-3-17/h2-13,16,24-25,28-30,32-35,38-47,49-51,53-56H,14-15H2,1H3/b11-4+/t16?,24?,25-,28-,29+,30-,32-,33+,34?,35?,38?,39?,40+,41-,42+/m1/s1. The van der Waals surface area contributed by atoms with Crippen LogP contribution in [0.15, 0.2) is 76.0 Å². The summed E-state index contributed by atoms with van der Waals surface area (Å²) in [6, 6.07) is 12.8. The fourth-order valence-corrected chi connectivity index (χ4v) is 7.26. The molecule has 15 atom stereocenters. The van der Waals surface area contributed by atoms with Crippen molar-refractivity contribution < 1.29 is 104 Å². The second-order valence-corrected chi connectivity index (χ2v) is 15.2. The lowest BCUT2D eigenvalue weighted by Gasteiger charge is -2.45. The molecule has 4 heterocycles. The molecule has 0 amide bonds. The summed E-state index contributed by atoms with van der Waals surface area (Å²) >= 11 is 0. The normalized spacial score (nSPS) is 33.2. The third-order valence-electron chi connectivity index (χ3n) is 10.8. The minimum Gasteiger partial charge on any atom is -0.508 e. The molecule has 3 aliphatic heterocycles. The van der Waals surface area contributed by atoms with E-state index in [1.54, 1.807) is 0 Å². The summed E-state index contributed by atoms with van der Waals surface area (Å²) in [6.07, 6.45) is -23.6. The van der Waals surface area contributed by atoms with Crippen molar-refractivity contribution in [3.8, 4) is 40.1 Å². The Hall–Kier alpha value is -5.44. The Morgan fingerprint density at radius 3 is 1.86 bits per heavy atom. The number of benzene rings is 3. The molecule has 1 aromatic heterocycles. The van der Waals surface area contributed by atoms with Crippen LogP contribution in [-0.2, 0) is 28.5 Å². The number of rotatable bonds is 12. The number of aliphatic hydroxyl groups is 9. The molecule has 0 aliphatic carbocycles. The van der Waals surface area contributed by atoms with E-state index in [1.165, 1.54) is 61.5 Å². The summed E-state index contributed by atoms with van der Waals surface area (Å²) in [5.41, 5.74) is -0.934. The van der Waals surface area contributed by atoms with Gasteiger partial charge in [-0.15, -0.1) is 0 Å². The molecule has 3 aromatic carbocycles. The van der Waals surface area contributed by atoms with Gasteiger partial charge < -0.3 is 98.9 Å². The first-order valence-corrected chi connectivity index (χ1v) is 19.7. The lowest BCUT2D eigenvalue weighted by molar-refractivity contribution is -0.354. The van der Waals surface area contributed by atoms with Crippen molar-refractivity contribution in [2.45, 2.75) is 99.0 Å². The third-order valence-corrected chi connectivity index (χ3v) is 10.8. The molecule has 3 aliphatic rings. The summed E-state index contributed by atoms with van der Waals surface area (Å²) in [6.45, 7) is -0.344. The Labute approximate surface area is 361 Å². The van der Waals surface area contributed by atoms with Crippen molar-refractivity contribution in [3.05, 3.63) is 82.5 Å². The molecule has 4 aromatic rings. The van der Waals surface area contributed by atoms with E-state index in [2.05, 4.69) is 0 Å². The highest BCUT2D eigenvalue weighted by molar-refractivity contribution is 5.89. The van der Waals surface area contributed by atoms with E-state index in [1.807, 2.05) is 0 Å². The lowest BCUT2D eigenvalue weighted by Crippen LogP contribution is -2.64. The largest absolute Gasteiger partial charge is 0.508 e. The lowest BCUT2D eigenvalue weighted by atomic mass is 9.97. The smallest absolute Gasteiger partial charge is 0.331 e. The first-order chi connectivity index (χ1) is 30.5. The van der Waals surface area contributed by atoms with Crippen LogP contribution in [0.5, 0.6) is 28.7 Å². The van der Waals surface area contributed by atoms with E-state index >= 15 is 0 Å². The molecule has 64 heavy (non-hydrogen) atoms. The highest BCUT2D eigenvalue weighted by Gasteiger charge is 2.52. The quantitative estimate of drug-likeness (QED) is 0.0543. The molecule has 0 bridgehead atoms. The van der Waals surface area contributed by atoms with Gasteiger partial charge in [0.05, 0.1) is 19.3 Å². The molecule has 7 rings (SSSR count). The van der Waals surface area contributed by atoms with Crippen molar-refractivity contribution in [1.29, 1.82) is 0 Å². The predicted molar refractivity (Wildman–Crippen MR) is 212 cm³/mol. The van der Waals surface area contributed by atoms with E-state index in [9.17, 15) is 70.9 Å². The van der Waals surface area contributed by atoms with Gasteiger partial charge in [0.2, 0.25) is 23.8 Å². The maximum Gasteiger partial charge on any atom is 0.331 e. The number of hydrogen-bond acceptors (Lipinski definition) is 22. The molecule has 346 valence electrons. The van der Waals surface area contributed by atoms with Crippen LogP contribution >= 0.6 is 0 Å². The van der Waals surface area contributed by atoms with E-state index in [0.717, 1.165) is 18.2 Å². The van der Waals surface area contributed by atoms with Gasteiger partial charge in [-0.25, -0.2) is 4.79 Å². The maximum absolute atomic E-state index is 14.5. The van der Waals surface area contributed by atoms with Crippen molar-refractivity contribution in [2.75, 3.05) is 13.2 Å². The van der Waals surface area contributed by atoms with E-state index in [4.69, 9.17) is 37.6 Å². The van der Waals surface area contributed by atoms with Crippen LogP contribution in [0.4, 0.5) is 0 Å². The van der Waals surface area contributed by atoms with Crippen molar-refractivity contribution in [3.63, 3.8) is 0 Å². The van der Waals surface area contributed by atoms with Crippen LogP contribution in [0.25, 0.3) is 28.4 Å². The molecule has 0 saturated carbocycles. The summed E-state index contributed by atoms with van der Waals surface area (Å²) in [7, 11) is 0. The molecule has 3 saturated heterocycles. The molecule has 0 radical (unpaired) electrons. The molecule has 22 nitrogen and oxygen atoms in total. The number of fused-ring (bicyclic) bond motifs is 1. The fourth-order valence-electron chi connectivity index (χ4n) is 7.26. The average molecular weight is 903 g/mol. The minimum absolute atomic E-state index is 0.0143. The fraction of sp³-hybridized carbons (Fsp3) is 0.429. The van der Waals surface area contributed by atoms with E-state index in [0.29, 0.717) is 5.56 Å². The SMILES string of the molecule is CC1O[C@@H](OC2C(O)[C@H](O)[C@@H](CO)O[C@H]2Oc2c(-c3ccc(O)cc3)oc3cc(O[C@@H]4OC(CO)[C@H](O)[C@H](O)C4OC(=O)/C=C/c4ccc(O)cc4)cc(O)c3c2=O)C(O)[C@H](O)[C@@H]1O.